The molecular weight excluding hydrogens is 259 g/mol. The molecule has 2 rings (SSSR count). The number of carboxylic acids is 1. The number of hydrogen-bond donors (Lipinski definition) is 1. The van der Waals surface area contributed by atoms with E-state index in [0.717, 1.165) is 10.5 Å². The van der Waals surface area contributed by atoms with Crippen molar-refractivity contribution < 1.29 is 14.3 Å². The van der Waals surface area contributed by atoms with Crippen molar-refractivity contribution in [3.8, 4) is 0 Å². The van der Waals surface area contributed by atoms with Crippen LogP contribution in [0.1, 0.15) is 15.2 Å². The van der Waals surface area contributed by atoms with E-state index in [-0.39, 0.29) is 5.82 Å². The number of rotatable bonds is 4. The van der Waals surface area contributed by atoms with Crippen LogP contribution >= 0.6 is 23.1 Å². The molecule has 0 radical (unpaired) electrons. The monoisotopic (exact) mass is 268 g/mol. The van der Waals surface area contributed by atoms with Gasteiger partial charge >= 0.3 is 5.97 Å². The van der Waals surface area contributed by atoms with E-state index in [2.05, 4.69) is 0 Å². The molecular formula is C12H9FO2S2. The van der Waals surface area contributed by atoms with Gasteiger partial charge in [0.1, 0.15) is 10.7 Å². The molecule has 1 heterocycles. The van der Waals surface area contributed by atoms with Crippen molar-refractivity contribution in [2.24, 2.45) is 0 Å². The first-order chi connectivity index (χ1) is 8.16. The molecule has 0 aliphatic rings. The van der Waals surface area contributed by atoms with Gasteiger partial charge in [0.25, 0.3) is 0 Å². The molecule has 1 N–H and O–H groups in total. The zero-order chi connectivity index (χ0) is 12.3. The third-order valence-corrected chi connectivity index (χ3v) is 4.12. The molecule has 2 aromatic rings. The first-order valence-electron chi connectivity index (χ1n) is 4.85. The molecule has 0 amide bonds. The number of hydrogen-bond acceptors (Lipinski definition) is 3. The van der Waals surface area contributed by atoms with Crippen LogP contribution in [0, 0.1) is 5.82 Å². The number of thiophene rings is 1. The Bertz CT molecular complexity index is 537. The van der Waals surface area contributed by atoms with Crippen LogP contribution in [0.4, 0.5) is 4.39 Å². The van der Waals surface area contributed by atoms with Crippen LogP contribution in [0.3, 0.4) is 0 Å². The fraction of sp³-hybridized carbons (Fsp3) is 0.0833. The van der Waals surface area contributed by atoms with Crippen LogP contribution < -0.4 is 0 Å². The minimum Gasteiger partial charge on any atom is -0.477 e. The molecule has 17 heavy (non-hydrogen) atoms. The van der Waals surface area contributed by atoms with E-state index in [1.807, 2.05) is 0 Å². The van der Waals surface area contributed by atoms with E-state index in [1.165, 1.54) is 35.2 Å². The number of aromatic carboxylic acids is 1. The van der Waals surface area contributed by atoms with Crippen molar-refractivity contribution in [2.45, 2.75) is 10.6 Å². The zero-order valence-corrected chi connectivity index (χ0v) is 10.4. The summed E-state index contributed by atoms with van der Waals surface area (Å²) in [5.74, 6) is -0.650. The summed E-state index contributed by atoms with van der Waals surface area (Å²) in [6.07, 6.45) is 0. The summed E-state index contributed by atoms with van der Waals surface area (Å²) in [5, 5.41) is 10.7. The second-order valence-electron chi connectivity index (χ2n) is 3.33. The number of halogens is 1. The highest BCUT2D eigenvalue weighted by Crippen LogP contribution is 2.27. The van der Waals surface area contributed by atoms with Crippen molar-refractivity contribution in [1.82, 2.24) is 0 Å². The first-order valence-corrected chi connectivity index (χ1v) is 6.71. The number of carboxylic acid groups (broad SMARTS) is 1. The van der Waals surface area contributed by atoms with Crippen molar-refractivity contribution in [3.63, 3.8) is 0 Å². The average Bonchev–Trinajstić information content (AvgIpc) is 2.74. The van der Waals surface area contributed by atoms with Gasteiger partial charge in [-0.2, -0.15) is 0 Å². The summed E-state index contributed by atoms with van der Waals surface area (Å²) < 4.78 is 12.9. The van der Waals surface area contributed by atoms with E-state index < -0.39 is 5.97 Å². The second kappa shape index (κ2) is 5.33. The predicted octanol–water partition coefficient (Wildman–Crippen LogP) is 3.88. The maximum Gasteiger partial charge on any atom is 0.346 e. The summed E-state index contributed by atoms with van der Waals surface area (Å²) in [4.78, 5) is 12.0. The van der Waals surface area contributed by atoms with Crippen LogP contribution in [0.25, 0.3) is 0 Å². The van der Waals surface area contributed by atoms with Crippen LogP contribution in [0.5, 0.6) is 0 Å². The molecule has 0 saturated heterocycles. The Kier molecular flexibility index (Phi) is 3.81. The molecule has 0 bridgehead atoms. The molecule has 1 aromatic heterocycles. The molecule has 0 fully saturated rings. The molecule has 2 nitrogen and oxygen atoms in total. The third-order valence-electron chi connectivity index (χ3n) is 2.13. The average molecular weight is 268 g/mol. The standard InChI is InChI=1S/C12H9FO2S2/c13-9-2-1-3-10(6-9)17-7-8-4-5-16-11(8)12(14)15/h1-6H,7H2,(H,14,15). The van der Waals surface area contributed by atoms with Gasteiger partial charge < -0.3 is 5.11 Å². The Hall–Kier alpha value is -1.33. The molecule has 88 valence electrons. The Morgan fingerprint density at radius 2 is 2.24 bits per heavy atom. The normalized spacial score (nSPS) is 10.4. The van der Waals surface area contributed by atoms with Crippen LogP contribution in [-0.4, -0.2) is 11.1 Å². The summed E-state index contributed by atoms with van der Waals surface area (Å²) in [6.45, 7) is 0. The summed E-state index contributed by atoms with van der Waals surface area (Å²) >= 11 is 2.64. The summed E-state index contributed by atoms with van der Waals surface area (Å²) in [6, 6.07) is 8.07. The Morgan fingerprint density at radius 1 is 1.41 bits per heavy atom. The minimum atomic E-state index is -0.908. The SMILES string of the molecule is O=C(O)c1sccc1CSc1cccc(F)c1. The second-order valence-corrected chi connectivity index (χ2v) is 5.29. The largest absolute Gasteiger partial charge is 0.477 e. The van der Waals surface area contributed by atoms with Gasteiger partial charge in [-0.1, -0.05) is 6.07 Å². The van der Waals surface area contributed by atoms with Gasteiger partial charge in [0.2, 0.25) is 0 Å². The van der Waals surface area contributed by atoms with E-state index in [9.17, 15) is 9.18 Å². The van der Waals surface area contributed by atoms with Gasteiger partial charge in [0.15, 0.2) is 0 Å². The van der Waals surface area contributed by atoms with Gasteiger partial charge in [-0.05, 0) is 35.2 Å². The Balaban J connectivity index is 2.07. The minimum absolute atomic E-state index is 0.279. The Labute approximate surface area is 106 Å². The van der Waals surface area contributed by atoms with Crippen LogP contribution in [0.2, 0.25) is 0 Å². The fourth-order valence-corrected chi connectivity index (χ4v) is 3.14. The Morgan fingerprint density at radius 3 is 2.94 bits per heavy atom. The van der Waals surface area contributed by atoms with Gasteiger partial charge in [-0.25, -0.2) is 9.18 Å². The van der Waals surface area contributed by atoms with Crippen molar-refractivity contribution >= 4 is 29.1 Å². The van der Waals surface area contributed by atoms with Gasteiger partial charge in [0, 0.05) is 10.6 Å². The number of thioether (sulfide) groups is 1. The first kappa shape index (κ1) is 12.1. The lowest BCUT2D eigenvalue weighted by atomic mass is 10.3. The third kappa shape index (κ3) is 3.08. The van der Waals surface area contributed by atoms with E-state index in [4.69, 9.17) is 5.11 Å². The van der Waals surface area contributed by atoms with Gasteiger partial charge in [-0.3, -0.25) is 0 Å². The van der Waals surface area contributed by atoms with Crippen molar-refractivity contribution in [2.75, 3.05) is 0 Å². The highest BCUT2D eigenvalue weighted by Gasteiger charge is 2.11. The molecule has 1 aromatic carbocycles. The van der Waals surface area contributed by atoms with E-state index in [0.29, 0.717) is 10.6 Å². The molecule has 0 unspecified atom stereocenters. The molecule has 0 aliphatic carbocycles. The number of carbonyl (C=O) groups is 1. The predicted molar refractivity (Wildman–Crippen MR) is 67.2 cm³/mol. The number of benzene rings is 1. The quantitative estimate of drug-likeness (QED) is 0.855. The molecule has 0 aliphatic heterocycles. The molecule has 5 heteroatoms. The summed E-state index contributed by atoms with van der Waals surface area (Å²) in [7, 11) is 0. The van der Waals surface area contributed by atoms with Crippen molar-refractivity contribution in [3.05, 3.63) is 52.0 Å². The lowest BCUT2D eigenvalue weighted by Gasteiger charge is -2.01. The lowest BCUT2D eigenvalue weighted by molar-refractivity contribution is 0.0701. The van der Waals surface area contributed by atoms with Gasteiger partial charge in [-0.15, -0.1) is 23.1 Å². The van der Waals surface area contributed by atoms with Crippen molar-refractivity contribution in [1.29, 1.82) is 0 Å². The molecule has 0 atom stereocenters. The van der Waals surface area contributed by atoms with Crippen LogP contribution in [0.15, 0.2) is 40.6 Å². The van der Waals surface area contributed by atoms with Crippen LogP contribution in [-0.2, 0) is 5.75 Å². The lowest BCUT2D eigenvalue weighted by Crippen LogP contribution is -1.96. The fourth-order valence-electron chi connectivity index (χ4n) is 1.35. The van der Waals surface area contributed by atoms with Gasteiger partial charge in [0.05, 0.1) is 0 Å². The maximum absolute atomic E-state index is 12.9. The van der Waals surface area contributed by atoms with E-state index >= 15 is 0 Å². The maximum atomic E-state index is 12.9. The smallest absolute Gasteiger partial charge is 0.346 e. The zero-order valence-electron chi connectivity index (χ0n) is 8.72. The summed E-state index contributed by atoms with van der Waals surface area (Å²) in [5.41, 5.74) is 0.775. The molecule has 0 spiro atoms. The highest BCUT2D eigenvalue weighted by atomic mass is 32.2. The molecule has 0 saturated carbocycles. The highest BCUT2D eigenvalue weighted by molar-refractivity contribution is 7.98. The topological polar surface area (TPSA) is 37.3 Å². The van der Waals surface area contributed by atoms with E-state index in [1.54, 1.807) is 23.6 Å².